The summed E-state index contributed by atoms with van der Waals surface area (Å²) < 4.78 is 0. The molecule has 0 aliphatic heterocycles. The molecular formula is C15H20N4OS. The largest absolute Gasteiger partial charge is 0.397 e. The molecule has 1 aliphatic carbocycles. The first kappa shape index (κ1) is 14.3. The number of anilines is 1. The number of carbonyl (C=O) groups is 1. The van der Waals surface area contributed by atoms with Crippen LogP contribution in [0, 0.1) is 11.8 Å². The van der Waals surface area contributed by atoms with Crippen LogP contribution < -0.4 is 11.1 Å². The molecule has 6 heteroatoms. The lowest BCUT2D eigenvalue weighted by atomic mass is 9.93. The van der Waals surface area contributed by atoms with Crippen molar-refractivity contribution in [1.82, 2.24) is 15.5 Å². The number of amides is 1. The highest BCUT2D eigenvalue weighted by molar-refractivity contribution is 7.21. The molecule has 3 atom stereocenters. The number of fused-ring (bicyclic) bond motifs is 1. The highest BCUT2D eigenvalue weighted by Crippen LogP contribution is 2.35. The number of hydrogen-bond acceptors (Lipinski definition) is 5. The Morgan fingerprint density at radius 2 is 2.33 bits per heavy atom. The summed E-state index contributed by atoms with van der Waals surface area (Å²) >= 11 is 1.31. The summed E-state index contributed by atoms with van der Waals surface area (Å²) in [4.78, 5) is 13.8. The summed E-state index contributed by atoms with van der Waals surface area (Å²) in [5, 5.41) is 11.8. The zero-order chi connectivity index (χ0) is 15.0. The van der Waals surface area contributed by atoms with Crippen LogP contribution in [0.2, 0.25) is 0 Å². The zero-order valence-electron chi connectivity index (χ0n) is 12.3. The first-order chi connectivity index (χ1) is 10.1. The molecule has 2 aromatic heterocycles. The van der Waals surface area contributed by atoms with Gasteiger partial charge in [0, 0.05) is 11.4 Å². The lowest BCUT2D eigenvalue weighted by Crippen LogP contribution is -2.37. The van der Waals surface area contributed by atoms with Crippen molar-refractivity contribution >= 4 is 33.1 Å². The summed E-state index contributed by atoms with van der Waals surface area (Å²) in [6.45, 7) is 4.44. The standard InChI is InChI=1S/C15H20N4OS/c1-3-9-4-5-11(8(9)2)18-14(20)13-12(16)10-6-7-17-19-15(10)21-13/h6-9,11H,3-5,16H2,1-2H3,(H,18,20). The van der Waals surface area contributed by atoms with Crippen molar-refractivity contribution in [2.45, 2.75) is 39.2 Å². The fraction of sp³-hybridized carbons (Fsp3) is 0.533. The Morgan fingerprint density at radius 1 is 1.52 bits per heavy atom. The average Bonchev–Trinajstić information content (AvgIpc) is 3.01. The number of nitrogens with zero attached hydrogens (tertiary/aromatic N) is 2. The second-order valence-corrected chi connectivity index (χ2v) is 6.78. The molecule has 3 N–H and O–H groups in total. The summed E-state index contributed by atoms with van der Waals surface area (Å²) in [6.07, 6.45) is 5.01. The summed E-state index contributed by atoms with van der Waals surface area (Å²) in [5.41, 5.74) is 6.60. The molecule has 2 aromatic rings. The Hall–Kier alpha value is -1.69. The third-order valence-corrected chi connectivity index (χ3v) is 5.80. The Bertz CT molecular complexity index is 669. The minimum atomic E-state index is -0.0795. The highest BCUT2D eigenvalue weighted by atomic mass is 32.1. The van der Waals surface area contributed by atoms with Gasteiger partial charge in [-0.2, -0.15) is 5.10 Å². The fourth-order valence-corrected chi connectivity index (χ4v) is 4.24. The molecule has 21 heavy (non-hydrogen) atoms. The summed E-state index contributed by atoms with van der Waals surface area (Å²) in [7, 11) is 0. The topological polar surface area (TPSA) is 80.9 Å². The van der Waals surface area contributed by atoms with E-state index in [4.69, 9.17) is 5.73 Å². The summed E-state index contributed by atoms with van der Waals surface area (Å²) in [6, 6.07) is 2.05. The molecule has 3 rings (SSSR count). The molecule has 5 nitrogen and oxygen atoms in total. The van der Waals surface area contributed by atoms with E-state index in [-0.39, 0.29) is 11.9 Å². The van der Waals surface area contributed by atoms with Crippen LogP contribution in [0.15, 0.2) is 12.3 Å². The number of nitrogens with one attached hydrogen (secondary N) is 1. The van der Waals surface area contributed by atoms with Crippen LogP contribution in [0.4, 0.5) is 5.69 Å². The maximum atomic E-state index is 12.5. The van der Waals surface area contributed by atoms with Crippen LogP contribution in [-0.4, -0.2) is 22.1 Å². The van der Waals surface area contributed by atoms with Gasteiger partial charge in [-0.25, -0.2) is 0 Å². The fourth-order valence-electron chi connectivity index (χ4n) is 3.30. The van der Waals surface area contributed by atoms with E-state index in [9.17, 15) is 4.79 Å². The Morgan fingerprint density at radius 3 is 3.00 bits per heavy atom. The van der Waals surface area contributed by atoms with Crippen LogP contribution in [0.25, 0.3) is 10.2 Å². The van der Waals surface area contributed by atoms with E-state index in [0.717, 1.165) is 11.8 Å². The van der Waals surface area contributed by atoms with E-state index < -0.39 is 0 Å². The quantitative estimate of drug-likeness (QED) is 0.913. The number of nitrogens with two attached hydrogens (primary N) is 1. The van der Waals surface area contributed by atoms with E-state index in [1.807, 2.05) is 0 Å². The van der Waals surface area contributed by atoms with Crippen molar-refractivity contribution in [2.75, 3.05) is 5.73 Å². The van der Waals surface area contributed by atoms with Crippen LogP contribution in [-0.2, 0) is 0 Å². The number of hydrogen-bond donors (Lipinski definition) is 2. The number of aromatic nitrogens is 2. The van der Waals surface area contributed by atoms with Crippen LogP contribution in [0.3, 0.4) is 0 Å². The summed E-state index contributed by atoms with van der Waals surface area (Å²) in [5.74, 6) is 1.15. The Kier molecular flexibility index (Phi) is 3.80. The molecule has 112 valence electrons. The molecule has 0 aromatic carbocycles. The molecule has 0 bridgehead atoms. The van der Waals surface area contributed by atoms with Crippen molar-refractivity contribution in [3.8, 4) is 0 Å². The minimum absolute atomic E-state index is 0.0795. The van der Waals surface area contributed by atoms with Gasteiger partial charge < -0.3 is 11.1 Å². The molecule has 0 radical (unpaired) electrons. The molecule has 1 aliphatic rings. The minimum Gasteiger partial charge on any atom is -0.397 e. The van der Waals surface area contributed by atoms with E-state index >= 15 is 0 Å². The molecule has 3 unspecified atom stereocenters. The van der Waals surface area contributed by atoms with Crippen molar-refractivity contribution in [2.24, 2.45) is 11.8 Å². The number of thiophene rings is 1. The first-order valence-electron chi connectivity index (χ1n) is 7.42. The van der Waals surface area contributed by atoms with Gasteiger partial charge >= 0.3 is 0 Å². The number of carbonyl (C=O) groups excluding carboxylic acids is 1. The normalized spacial score (nSPS) is 25.3. The third-order valence-electron chi connectivity index (χ3n) is 4.69. The van der Waals surface area contributed by atoms with Gasteiger partial charge in [0.25, 0.3) is 5.91 Å². The SMILES string of the molecule is CCC1CCC(NC(=O)c2sc3nnccc3c2N)C1C. The predicted molar refractivity (Wildman–Crippen MR) is 85.3 cm³/mol. The van der Waals surface area contributed by atoms with Gasteiger partial charge in [-0.05, 0) is 30.7 Å². The lowest BCUT2D eigenvalue weighted by molar-refractivity contribution is 0.0931. The monoisotopic (exact) mass is 304 g/mol. The molecule has 1 amide bonds. The van der Waals surface area contributed by atoms with Crippen molar-refractivity contribution in [3.63, 3.8) is 0 Å². The lowest BCUT2D eigenvalue weighted by Gasteiger charge is -2.20. The molecule has 0 saturated heterocycles. The number of nitrogen functional groups attached to an aromatic ring is 1. The van der Waals surface area contributed by atoms with Crippen molar-refractivity contribution in [1.29, 1.82) is 0 Å². The maximum absolute atomic E-state index is 12.5. The van der Waals surface area contributed by atoms with Crippen LogP contribution in [0.5, 0.6) is 0 Å². The Labute approximate surface area is 127 Å². The molecular weight excluding hydrogens is 284 g/mol. The van der Waals surface area contributed by atoms with Gasteiger partial charge in [0.05, 0.1) is 11.9 Å². The van der Waals surface area contributed by atoms with Crippen molar-refractivity contribution in [3.05, 3.63) is 17.1 Å². The van der Waals surface area contributed by atoms with Crippen LogP contribution in [0.1, 0.15) is 42.8 Å². The highest BCUT2D eigenvalue weighted by Gasteiger charge is 2.33. The van der Waals surface area contributed by atoms with E-state index in [1.54, 1.807) is 12.3 Å². The molecule has 0 spiro atoms. The second kappa shape index (κ2) is 5.60. The van der Waals surface area contributed by atoms with Gasteiger partial charge in [0.2, 0.25) is 0 Å². The van der Waals surface area contributed by atoms with Crippen LogP contribution >= 0.6 is 11.3 Å². The second-order valence-electron chi connectivity index (χ2n) is 5.78. The van der Waals surface area contributed by atoms with E-state index in [2.05, 4.69) is 29.4 Å². The zero-order valence-corrected chi connectivity index (χ0v) is 13.1. The molecule has 1 fully saturated rings. The predicted octanol–water partition coefficient (Wildman–Crippen LogP) is 2.83. The van der Waals surface area contributed by atoms with Gasteiger partial charge in [-0.15, -0.1) is 16.4 Å². The Balaban J connectivity index is 1.80. The number of rotatable bonds is 3. The first-order valence-corrected chi connectivity index (χ1v) is 8.24. The maximum Gasteiger partial charge on any atom is 0.263 e. The third kappa shape index (κ3) is 2.48. The average molecular weight is 304 g/mol. The van der Waals surface area contributed by atoms with Gasteiger partial charge in [-0.3, -0.25) is 4.79 Å². The van der Waals surface area contributed by atoms with Crippen molar-refractivity contribution < 1.29 is 4.79 Å². The smallest absolute Gasteiger partial charge is 0.263 e. The molecule has 2 heterocycles. The van der Waals surface area contributed by atoms with E-state index in [0.29, 0.717) is 27.2 Å². The van der Waals surface area contributed by atoms with Gasteiger partial charge in [-0.1, -0.05) is 20.3 Å². The van der Waals surface area contributed by atoms with Gasteiger partial charge in [0.15, 0.2) is 0 Å². The van der Waals surface area contributed by atoms with E-state index in [1.165, 1.54) is 24.2 Å². The molecule has 1 saturated carbocycles. The van der Waals surface area contributed by atoms with Gasteiger partial charge in [0.1, 0.15) is 9.71 Å².